The van der Waals surface area contributed by atoms with Crippen LogP contribution in [0.15, 0.2) is 36.4 Å². The summed E-state index contributed by atoms with van der Waals surface area (Å²) in [6, 6.07) is 7.69. The van der Waals surface area contributed by atoms with Crippen molar-refractivity contribution in [3.63, 3.8) is 0 Å². The Morgan fingerprint density at radius 3 is 2.17 bits per heavy atom. The lowest BCUT2D eigenvalue weighted by Gasteiger charge is -2.17. The minimum Gasteiger partial charge on any atom is -0.399 e. The molecule has 0 aliphatic carbocycles. The van der Waals surface area contributed by atoms with Crippen LogP contribution in [0.2, 0.25) is 0 Å². The SMILES string of the molecule is Nc1cc(N)c(CC(O)CO)c(-c2ccc(C(F)(F)F)cc2)c1. The number of nitrogens with two attached hydrogens (primary N) is 2. The number of anilines is 2. The summed E-state index contributed by atoms with van der Waals surface area (Å²) >= 11 is 0. The normalized spacial score (nSPS) is 13.1. The molecule has 6 N–H and O–H groups in total. The number of aliphatic hydroxyl groups is 2. The molecule has 0 amide bonds. The van der Waals surface area contributed by atoms with Crippen molar-refractivity contribution in [3.8, 4) is 11.1 Å². The highest BCUT2D eigenvalue weighted by atomic mass is 19.4. The van der Waals surface area contributed by atoms with E-state index in [4.69, 9.17) is 16.6 Å². The summed E-state index contributed by atoms with van der Waals surface area (Å²) < 4.78 is 37.9. The van der Waals surface area contributed by atoms with Crippen LogP contribution in [0.5, 0.6) is 0 Å². The van der Waals surface area contributed by atoms with Gasteiger partial charge in [0.25, 0.3) is 0 Å². The van der Waals surface area contributed by atoms with Gasteiger partial charge in [0.1, 0.15) is 0 Å². The first-order chi connectivity index (χ1) is 10.7. The summed E-state index contributed by atoms with van der Waals surface area (Å²) in [5.74, 6) is 0. The maximum absolute atomic E-state index is 12.6. The average Bonchev–Trinajstić information content (AvgIpc) is 2.48. The third-order valence-electron chi connectivity index (χ3n) is 3.48. The van der Waals surface area contributed by atoms with Gasteiger partial charge in [-0.1, -0.05) is 12.1 Å². The molecule has 124 valence electrons. The van der Waals surface area contributed by atoms with Gasteiger partial charge in [-0.15, -0.1) is 0 Å². The van der Waals surface area contributed by atoms with E-state index in [2.05, 4.69) is 0 Å². The lowest BCUT2D eigenvalue weighted by molar-refractivity contribution is -0.137. The summed E-state index contributed by atoms with van der Waals surface area (Å²) in [6.45, 7) is -0.448. The second kappa shape index (κ2) is 6.47. The third kappa shape index (κ3) is 3.94. The average molecular weight is 326 g/mol. The maximum Gasteiger partial charge on any atom is 0.416 e. The van der Waals surface area contributed by atoms with Crippen LogP contribution in [0, 0.1) is 0 Å². The summed E-state index contributed by atoms with van der Waals surface area (Å²) in [7, 11) is 0. The standard InChI is InChI=1S/C16H17F3N2O2/c17-16(18,19)10-3-1-9(2-4-10)13-5-11(20)6-15(21)14(13)7-12(23)8-22/h1-6,12,22-23H,7-8,20-21H2. The molecule has 23 heavy (non-hydrogen) atoms. The van der Waals surface area contributed by atoms with Gasteiger partial charge in [0, 0.05) is 17.8 Å². The van der Waals surface area contributed by atoms with E-state index < -0.39 is 24.5 Å². The fraction of sp³-hybridized carbons (Fsp3) is 0.250. The van der Waals surface area contributed by atoms with Gasteiger partial charge < -0.3 is 21.7 Å². The molecular weight excluding hydrogens is 309 g/mol. The number of rotatable bonds is 4. The maximum atomic E-state index is 12.6. The van der Waals surface area contributed by atoms with Crippen molar-refractivity contribution in [2.24, 2.45) is 0 Å². The highest BCUT2D eigenvalue weighted by Crippen LogP contribution is 2.34. The Morgan fingerprint density at radius 1 is 1.04 bits per heavy atom. The molecule has 0 aromatic heterocycles. The van der Waals surface area contributed by atoms with Gasteiger partial charge in [-0.3, -0.25) is 0 Å². The molecule has 0 saturated heterocycles. The largest absolute Gasteiger partial charge is 0.416 e. The molecule has 2 aromatic rings. The molecule has 2 aromatic carbocycles. The molecule has 0 heterocycles. The predicted molar refractivity (Wildman–Crippen MR) is 82.5 cm³/mol. The first kappa shape index (κ1) is 17.1. The van der Waals surface area contributed by atoms with Crippen LogP contribution in [0.25, 0.3) is 11.1 Å². The Balaban J connectivity index is 2.49. The molecule has 0 spiro atoms. The van der Waals surface area contributed by atoms with Crippen LogP contribution in [0.3, 0.4) is 0 Å². The van der Waals surface area contributed by atoms with Gasteiger partial charge >= 0.3 is 6.18 Å². The van der Waals surface area contributed by atoms with Crippen molar-refractivity contribution in [2.75, 3.05) is 18.1 Å². The molecule has 0 saturated carbocycles. The Hall–Kier alpha value is -2.25. The van der Waals surface area contributed by atoms with E-state index in [1.807, 2.05) is 0 Å². The van der Waals surface area contributed by atoms with Crippen LogP contribution in [0.4, 0.5) is 24.5 Å². The monoisotopic (exact) mass is 326 g/mol. The molecule has 0 fully saturated rings. The second-order valence-corrected chi connectivity index (χ2v) is 5.25. The summed E-state index contributed by atoms with van der Waals surface area (Å²) in [5.41, 5.74) is 13.1. The first-order valence-corrected chi connectivity index (χ1v) is 6.86. The zero-order valence-corrected chi connectivity index (χ0v) is 12.1. The summed E-state index contributed by atoms with van der Waals surface area (Å²) in [6.07, 6.45) is -5.36. The van der Waals surface area contributed by atoms with E-state index in [0.717, 1.165) is 12.1 Å². The zero-order chi connectivity index (χ0) is 17.2. The number of benzene rings is 2. The van der Waals surface area contributed by atoms with Crippen LogP contribution >= 0.6 is 0 Å². The van der Waals surface area contributed by atoms with Crippen molar-refractivity contribution in [3.05, 3.63) is 47.5 Å². The van der Waals surface area contributed by atoms with E-state index in [1.165, 1.54) is 18.2 Å². The molecule has 1 atom stereocenters. The van der Waals surface area contributed by atoms with E-state index in [1.54, 1.807) is 6.07 Å². The van der Waals surface area contributed by atoms with Crippen molar-refractivity contribution in [1.29, 1.82) is 0 Å². The summed E-state index contributed by atoms with van der Waals surface area (Å²) in [5, 5.41) is 18.6. The van der Waals surface area contributed by atoms with E-state index >= 15 is 0 Å². The third-order valence-corrected chi connectivity index (χ3v) is 3.48. The topological polar surface area (TPSA) is 92.5 Å². The smallest absolute Gasteiger partial charge is 0.399 e. The van der Waals surface area contributed by atoms with Gasteiger partial charge in [0.15, 0.2) is 0 Å². The minimum atomic E-state index is -4.41. The molecule has 4 nitrogen and oxygen atoms in total. The molecule has 2 rings (SSSR count). The van der Waals surface area contributed by atoms with Gasteiger partial charge in [-0.25, -0.2) is 0 Å². The molecule has 0 aliphatic heterocycles. The number of hydrogen-bond acceptors (Lipinski definition) is 4. The van der Waals surface area contributed by atoms with E-state index in [9.17, 15) is 18.3 Å². The second-order valence-electron chi connectivity index (χ2n) is 5.25. The number of aliphatic hydroxyl groups excluding tert-OH is 2. The van der Waals surface area contributed by atoms with Gasteiger partial charge in [0.2, 0.25) is 0 Å². The number of halogens is 3. The predicted octanol–water partition coefficient (Wildman–Crippen LogP) is 2.43. The summed E-state index contributed by atoms with van der Waals surface area (Å²) in [4.78, 5) is 0. The van der Waals surface area contributed by atoms with Crippen LogP contribution < -0.4 is 11.5 Å². The Bertz CT molecular complexity index is 685. The lowest BCUT2D eigenvalue weighted by atomic mass is 9.93. The van der Waals surface area contributed by atoms with Gasteiger partial charge in [0.05, 0.1) is 18.3 Å². The molecule has 7 heteroatoms. The Kier molecular flexibility index (Phi) is 4.82. The molecular formula is C16H17F3N2O2. The number of hydrogen-bond donors (Lipinski definition) is 4. The van der Waals surface area contributed by atoms with Crippen LogP contribution in [0.1, 0.15) is 11.1 Å². The highest BCUT2D eigenvalue weighted by molar-refractivity contribution is 5.77. The van der Waals surface area contributed by atoms with Crippen LogP contribution in [-0.2, 0) is 12.6 Å². The fourth-order valence-electron chi connectivity index (χ4n) is 2.34. The molecule has 0 radical (unpaired) electrons. The number of nitrogen functional groups attached to an aromatic ring is 2. The first-order valence-electron chi connectivity index (χ1n) is 6.86. The van der Waals surface area contributed by atoms with E-state index in [-0.39, 0.29) is 6.42 Å². The Labute approximate surface area is 131 Å². The highest BCUT2D eigenvalue weighted by Gasteiger charge is 2.30. The molecule has 0 aliphatic rings. The molecule has 0 bridgehead atoms. The Morgan fingerprint density at radius 2 is 1.65 bits per heavy atom. The van der Waals surface area contributed by atoms with Crippen LogP contribution in [-0.4, -0.2) is 22.9 Å². The fourth-order valence-corrected chi connectivity index (χ4v) is 2.34. The zero-order valence-electron chi connectivity index (χ0n) is 12.1. The van der Waals surface area contributed by atoms with Crippen molar-refractivity contribution in [1.82, 2.24) is 0 Å². The van der Waals surface area contributed by atoms with Gasteiger partial charge in [-0.05, 0) is 41.0 Å². The molecule has 1 unspecified atom stereocenters. The van der Waals surface area contributed by atoms with Crippen molar-refractivity contribution >= 4 is 11.4 Å². The minimum absolute atomic E-state index is 0.0684. The van der Waals surface area contributed by atoms with Gasteiger partial charge in [-0.2, -0.15) is 13.2 Å². The van der Waals surface area contributed by atoms with Crippen molar-refractivity contribution in [2.45, 2.75) is 18.7 Å². The number of alkyl halides is 3. The van der Waals surface area contributed by atoms with E-state index in [0.29, 0.717) is 28.1 Å². The lowest BCUT2D eigenvalue weighted by Crippen LogP contribution is -2.17. The van der Waals surface area contributed by atoms with Crippen molar-refractivity contribution < 1.29 is 23.4 Å². The quantitative estimate of drug-likeness (QED) is 0.649.